The van der Waals surface area contributed by atoms with Crippen LogP contribution in [-0.2, 0) is 11.0 Å². The van der Waals surface area contributed by atoms with Gasteiger partial charge < -0.3 is 14.7 Å². The molecule has 1 aliphatic carbocycles. The molecule has 0 N–H and O–H groups in total. The summed E-state index contributed by atoms with van der Waals surface area (Å²) >= 11 is 0. The van der Waals surface area contributed by atoms with Gasteiger partial charge in [0, 0.05) is 44.0 Å². The number of carbonyl (C=O) groups is 1. The summed E-state index contributed by atoms with van der Waals surface area (Å²) in [5.74, 6) is 0.711. The molecule has 198 valence electrons. The van der Waals surface area contributed by atoms with Crippen molar-refractivity contribution in [2.45, 2.75) is 76.6 Å². The predicted octanol–water partition coefficient (Wildman–Crippen LogP) is 5.00. The van der Waals surface area contributed by atoms with Crippen LogP contribution >= 0.6 is 0 Å². The van der Waals surface area contributed by atoms with E-state index in [1.807, 2.05) is 0 Å². The van der Waals surface area contributed by atoms with Crippen LogP contribution in [0.15, 0.2) is 18.2 Å². The Bertz CT molecular complexity index is 985. The smallest absolute Gasteiger partial charge is 0.370 e. The molecule has 36 heavy (non-hydrogen) atoms. The summed E-state index contributed by atoms with van der Waals surface area (Å²) < 4.78 is 42.9. The fraction of sp³-hybridized carbons (Fsp3) is 0.750. The summed E-state index contributed by atoms with van der Waals surface area (Å²) in [5, 5.41) is 0. The molecule has 0 bridgehead atoms. The molecule has 5 aliphatic rings. The minimum atomic E-state index is -4.50. The number of hydrogen-bond donors (Lipinski definition) is 0. The molecule has 5 nitrogen and oxygen atoms in total. The van der Waals surface area contributed by atoms with Crippen LogP contribution in [0.5, 0.6) is 0 Å². The van der Waals surface area contributed by atoms with Gasteiger partial charge in [0.2, 0.25) is 5.91 Å². The average Bonchev–Trinajstić information content (AvgIpc) is 3.22. The highest BCUT2D eigenvalue weighted by molar-refractivity contribution is 6.00. The van der Waals surface area contributed by atoms with Gasteiger partial charge in [0.15, 0.2) is 0 Å². The molecule has 0 aromatic heterocycles. The van der Waals surface area contributed by atoms with Gasteiger partial charge in [0.25, 0.3) is 0 Å². The lowest BCUT2D eigenvalue weighted by Crippen LogP contribution is -2.45. The number of likely N-dealkylation sites (tertiary alicyclic amines) is 2. The number of hydrogen-bond acceptors (Lipinski definition) is 4. The lowest BCUT2D eigenvalue weighted by Gasteiger charge is -2.38. The Morgan fingerprint density at radius 2 is 1.72 bits per heavy atom. The van der Waals surface area contributed by atoms with E-state index in [1.165, 1.54) is 36.6 Å². The molecule has 1 amide bonds. The van der Waals surface area contributed by atoms with Crippen LogP contribution in [0.25, 0.3) is 0 Å². The number of piperidine rings is 1. The number of amides is 1. The standard InChI is InChI=1S/C28H39F3N4O/c1-20-3-2-12-34(20)23-8-13-33(19-23)22-6-7-25(24(17-22)28(29,30)31)35-16-11-27(26(35)36)9-14-32(15-10-27)18-21-4-5-21/h6-7,17,20-21,23H,2-5,8-16,18-19H2,1H3. The van der Waals surface area contributed by atoms with Crippen molar-refractivity contribution in [3.63, 3.8) is 0 Å². The summed E-state index contributed by atoms with van der Waals surface area (Å²) in [6, 6.07) is 5.61. The maximum Gasteiger partial charge on any atom is 0.418 e. The van der Waals surface area contributed by atoms with Crippen LogP contribution in [0.3, 0.4) is 0 Å². The van der Waals surface area contributed by atoms with Crippen LogP contribution in [0, 0.1) is 11.3 Å². The molecular formula is C28H39F3N4O. The highest BCUT2D eigenvalue weighted by atomic mass is 19.4. The van der Waals surface area contributed by atoms with Crippen LogP contribution in [0.2, 0.25) is 0 Å². The lowest BCUT2D eigenvalue weighted by atomic mass is 9.77. The second-order valence-electron chi connectivity index (χ2n) is 12.0. The number of halogens is 3. The third-order valence-corrected chi connectivity index (χ3v) is 9.72. The summed E-state index contributed by atoms with van der Waals surface area (Å²) in [5.41, 5.74) is -0.502. The zero-order valence-electron chi connectivity index (χ0n) is 21.4. The van der Waals surface area contributed by atoms with Gasteiger partial charge in [-0.05, 0) is 102 Å². The molecule has 0 radical (unpaired) electrons. The number of benzene rings is 1. The average molecular weight is 505 g/mol. The third kappa shape index (κ3) is 4.53. The Morgan fingerprint density at radius 1 is 0.972 bits per heavy atom. The van der Waals surface area contributed by atoms with Gasteiger partial charge >= 0.3 is 6.18 Å². The van der Waals surface area contributed by atoms with Crippen LogP contribution in [0.4, 0.5) is 24.5 Å². The van der Waals surface area contributed by atoms with Crippen molar-refractivity contribution in [3.05, 3.63) is 23.8 Å². The summed E-state index contributed by atoms with van der Waals surface area (Å²) in [6.45, 7) is 8.13. The largest absolute Gasteiger partial charge is 0.418 e. The van der Waals surface area contributed by atoms with E-state index < -0.39 is 17.2 Å². The molecule has 4 heterocycles. The van der Waals surface area contributed by atoms with Crippen molar-refractivity contribution >= 4 is 17.3 Å². The van der Waals surface area contributed by atoms with E-state index in [1.54, 1.807) is 12.1 Å². The first-order chi connectivity index (χ1) is 17.2. The molecule has 8 heteroatoms. The Labute approximate surface area is 212 Å². The summed E-state index contributed by atoms with van der Waals surface area (Å²) in [6.07, 6.45) is 3.68. The normalized spacial score (nSPS) is 29.7. The van der Waals surface area contributed by atoms with Crippen molar-refractivity contribution in [1.29, 1.82) is 0 Å². The van der Waals surface area contributed by atoms with Crippen molar-refractivity contribution in [2.24, 2.45) is 11.3 Å². The minimum absolute atomic E-state index is 0.0393. The predicted molar refractivity (Wildman–Crippen MR) is 135 cm³/mol. The fourth-order valence-corrected chi connectivity index (χ4v) is 7.27. The first kappa shape index (κ1) is 24.5. The van der Waals surface area contributed by atoms with E-state index >= 15 is 0 Å². The Kier molecular flexibility index (Phi) is 6.26. The SMILES string of the molecule is CC1CCCN1C1CCN(c2ccc(N3CCC4(CCN(CC5CC5)CC4)C3=O)c(C(F)(F)F)c2)C1. The first-order valence-electron chi connectivity index (χ1n) is 14.0. The number of nitrogens with zero attached hydrogens (tertiary/aromatic N) is 4. The van der Waals surface area contributed by atoms with E-state index in [0.717, 1.165) is 64.4 Å². The fourth-order valence-electron chi connectivity index (χ4n) is 7.27. The third-order valence-electron chi connectivity index (χ3n) is 9.72. The molecule has 5 fully saturated rings. The van der Waals surface area contributed by atoms with Crippen LogP contribution in [-0.4, -0.2) is 73.6 Å². The Morgan fingerprint density at radius 3 is 2.39 bits per heavy atom. The molecule has 4 saturated heterocycles. The van der Waals surface area contributed by atoms with Gasteiger partial charge in [-0.1, -0.05) is 0 Å². The summed E-state index contributed by atoms with van der Waals surface area (Å²) in [7, 11) is 0. The van der Waals surface area contributed by atoms with Crippen molar-refractivity contribution < 1.29 is 18.0 Å². The zero-order chi connectivity index (χ0) is 25.1. The van der Waals surface area contributed by atoms with Crippen LogP contribution in [0.1, 0.15) is 63.9 Å². The highest BCUT2D eigenvalue weighted by Gasteiger charge is 2.50. The van der Waals surface area contributed by atoms with Crippen molar-refractivity contribution in [1.82, 2.24) is 9.80 Å². The molecule has 6 rings (SSSR count). The summed E-state index contributed by atoms with van der Waals surface area (Å²) in [4.78, 5) is 22.1. The van der Waals surface area contributed by atoms with Gasteiger partial charge in [-0.25, -0.2) is 0 Å². The first-order valence-corrected chi connectivity index (χ1v) is 14.0. The van der Waals surface area contributed by atoms with Crippen LogP contribution < -0.4 is 9.80 Å². The molecule has 1 spiro atoms. The maximum absolute atomic E-state index is 14.3. The monoisotopic (exact) mass is 504 g/mol. The molecule has 1 aromatic rings. The number of anilines is 2. The number of alkyl halides is 3. The van der Waals surface area contributed by atoms with Gasteiger partial charge in [0.1, 0.15) is 0 Å². The molecule has 1 saturated carbocycles. The van der Waals surface area contributed by atoms with E-state index in [4.69, 9.17) is 0 Å². The molecular weight excluding hydrogens is 465 g/mol. The molecule has 4 aliphatic heterocycles. The van der Waals surface area contributed by atoms with E-state index in [-0.39, 0.29) is 11.6 Å². The second-order valence-corrected chi connectivity index (χ2v) is 12.0. The van der Waals surface area contributed by atoms with Crippen molar-refractivity contribution in [2.75, 3.05) is 55.6 Å². The molecule has 2 unspecified atom stereocenters. The maximum atomic E-state index is 14.3. The van der Waals surface area contributed by atoms with E-state index in [2.05, 4.69) is 21.6 Å². The molecule has 2 atom stereocenters. The second kappa shape index (κ2) is 9.19. The van der Waals surface area contributed by atoms with Gasteiger partial charge in [-0.3, -0.25) is 9.69 Å². The van der Waals surface area contributed by atoms with Gasteiger partial charge in [-0.2, -0.15) is 13.2 Å². The highest BCUT2D eigenvalue weighted by Crippen LogP contribution is 2.47. The lowest BCUT2D eigenvalue weighted by molar-refractivity contribution is -0.137. The quantitative estimate of drug-likeness (QED) is 0.565. The van der Waals surface area contributed by atoms with E-state index in [0.29, 0.717) is 30.7 Å². The van der Waals surface area contributed by atoms with Gasteiger partial charge in [0.05, 0.1) is 16.7 Å². The zero-order valence-corrected chi connectivity index (χ0v) is 21.4. The topological polar surface area (TPSA) is 30.0 Å². The van der Waals surface area contributed by atoms with Gasteiger partial charge in [-0.15, -0.1) is 0 Å². The number of rotatable bonds is 5. The Balaban J connectivity index is 1.19. The number of carbonyl (C=O) groups excluding carboxylic acids is 1. The van der Waals surface area contributed by atoms with Crippen molar-refractivity contribution in [3.8, 4) is 0 Å². The molecule has 1 aromatic carbocycles. The minimum Gasteiger partial charge on any atom is -0.370 e. The van der Waals surface area contributed by atoms with E-state index in [9.17, 15) is 18.0 Å². The Hall–Kier alpha value is -1.80.